The first-order valence-electron chi connectivity index (χ1n) is 7.24. The lowest BCUT2D eigenvalue weighted by molar-refractivity contribution is 0.117. The highest BCUT2D eigenvalue weighted by atomic mass is 19.1. The van der Waals surface area contributed by atoms with E-state index in [2.05, 4.69) is 6.92 Å². The van der Waals surface area contributed by atoms with Gasteiger partial charge in [-0.05, 0) is 49.8 Å². The molecule has 2 rings (SSSR count). The van der Waals surface area contributed by atoms with E-state index in [1.165, 1.54) is 18.9 Å². The van der Waals surface area contributed by atoms with Gasteiger partial charge in [-0.1, -0.05) is 25.8 Å². The van der Waals surface area contributed by atoms with E-state index in [1.54, 1.807) is 19.1 Å². The molecule has 1 aromatic carbocycles. The van der Waals surface area contributed by atoms with Crippen LogP contribution in [0.2, 0.25) is 0 Å². The lowest BCUT2D eigenvalue weighted by atomic mass is 9.85. The highest BCUT2D eigenvalue weighted by molar-refractivity contribution is 5.30. The van der Waals surface area contributed by atoms with E-state index in [4.69, 9.17) is 4.74 Å². The Morgan fingerprint density at radius 1 is 1.42 bits per heavy atom. The van der Waals surface area contributed by atoms with Crippen LogP contribution in [-0.4, -0.2) is 11.2 Å². The van der Waals surface area contributed by atoms with Crippen molar-refractivity contribution in [3.05, 3.63) is 29.6 Å². The lowest BCUT2D eigenvalue weighted by Crippen LogP contribution is -2.25. The first-order chi connectivity index (χ1) is 9.10. The lowest BCUT2D eigenvalue weighted by Gasteiger charge is -2.29. The fraction of sp³-hybridized carbons (Fsp3) is 0.625. The molecule has 1 saturated carbocycles. The zero-order valence-electron chi connectivity index (χ0n) is 11.7. The van der Waals surface area contributed by atoms with Crippen molar-refractivity contribution in [2.75, 3.05) is 0 Å². The van der Waals surface area contributed by atoms with E-state index in [0.29, 0.717) is 17.2 Å². The Kier molecular flexibility index (Phi) is 4.81. The van der Waals surface area contributed by atoms with E-state index in [9.17, 15) is 9.50 Å². The number of hydrogen-bond donors (Lipinski definition) is 1. The quantitative estimate of drug-likeness (QED) is 0.883. The fourth-order valence-corrected chi connectivity index (χ4v) is 2.77. The van der Waals surface area contributed by atoms with Crippen LogP contribution in [0.15, 0.2) is 18.2 Å². The van der Waals surface area contributed by atoms with Crippen molar-refractivity contribution in [2.45, 2.75) is 58.2 Å². The molecule has 0 radical (unpaired) electrons. The molecule has 1 N–H and O–H groups in total. The van der Waals surface area contributed by atoms with Gasteiger partial charge in [0, 0.05) is 0 Å². The summed E-state index contributed by atoms with van der Waals surface area (Å²) in [4.78, 5) is 0. The van der Waals surface area contributed by atoms with Gasteiger partial charge in [0.25, 0.3) is 0 Å². The van der Waals surface area contributed by atoms with Crippen molar-refractivity contribution in [3.63, 3.8) is 0 Å². The van der Waals surface area contributed by atoms with Crippen LogP contribution >= 0.6 is 0 Å². The third kappa shape index (κ3) is 3.69. The fourth-order valence-electron chi connectivity index (χ4n) is 2.77. The van der Waals surface area contributed by atoms with Gasteiger partial charge in [-0.3, -0.25) is 0 Å². The topological polar surface area (TPSA) is 29.5 Å². The number of aliphatic hydroxyl groups excluding tert-OH is 1. The predicted octanol–water partition coefficient (Wildman–Crippen LogP) is 4.23. The van der Waals surface area contributed by atoms with Gasteiger partial charge < -0.3 is 9.84 Å². The summed E-state index contributed by atoms with van der Waals surface area (Å²) >= 11 is 0. The standard InChI is InChI=1S/C16H23FO2/c1-3-12-5-4-6-14(9-12)19-16-8-7-13(11(2)18)10-15(16)17/h7-8,10-12,14,18H,3-6,9H2,1-2H3/t11-,12?,14?/m0/s1. The van der Waals surface area contributed by atoms with Gasteiger partial charge in [-0.2, -0.15) is 0 Å². The van der Waals surface area contributed by atoms with Gasteiger partial charge in [-0.15, -0.1) is 0 Å². The van der Waals surface area contributed by atoms with Gasteiger partial charge in [-0.25, -0.2) is 4.39 Å². The van der Waals surface area contributed by atoms with Crippen molar-refractivity contribution >= 4 is 0 Å². The summed E-state index contributed by atoms with van der Waals surface area (Å²) in [7, 11) is 0. The molecule has 0 amide bonds. The molecule has 0 spiro atoms. The molecule has 0 bridgehead atoms. The van der Waals surface area contributed by atoms with Crippen LogP contribution in [0, 0.1) is 11.7 Å². The first kappa shape index (κ1) is 14.3. The van der Waals surface area contributed by atoms with Crippen LogP contribution in [-0.2, 0) is 0 Å². The monoisotopic (exact) mass is 266 g/mol. The molecule has 0 heterocycles. The number of halogens is 1. The summed E-state index contributed by atoms with van der Waals surface area (Å²) in [5, 5.41) is 9.42. The zero-order valence-corrected chi connectivity index (χ0v) is 11.7. The van der Waals surface area contributed by atoms with E-state index >= 15 is 0 Å². The highest BCUT2D eigenvalue weighted by Gasteiger charge is 2.23. The molecule has 2 unspecified atom stereocenters. The summed E-state index contributed by atoms with van der Waals surface area (Å²) < 4.78 is 19.7. The Morgan fingerprint density at radius 2 is 2.21 bits per heavy atom. The Hall–Kier alpha value is -1.09. The minimum Gasteiger partial charge on any atom is -0.487 e. The molecule has 0 aliphatic heterocycles. The SMILES string of the molecule is CCC1CCCC(Oc2ccc([C@H](C)O)cc2F)C1. The van der Waals surface area contributed by atoms with Crippen LogP contribution < -0.4 is 4.74 Å². The molecule has 106 valence electrons. The number of hydrogen-bond acceptors (Lipinski definition) is 2. The molecule has 1 fully saturated rings. The molecule has 3 atom stereocenters. The third-order valence-electron chi connectivity index (χ3n) is 4.04. The smallest absolute Gasteiger partial charge is 0.165 e. The molecule has 1 aromatic rings. The molecule has 0 saturated heterocycles. The van der Waals surface area contributed by atoms with Crippen molar-refractivity contribution in [1.82, 2.24) is 0 Å². The van der Waals surface area contributed by atoms with E-state index in [-0.39, 0.29) is 11.9 Å². The van der Waals surface area contributed by atoms with E-state index < -0.39 is 6.10 Å². The van der Waals surface area contributed by atoms with Crippen LogP contribution in [0.4, 0.5) is 4.39 Å². The molecule has 1 aliphatic carbocycles. The van der Waals surface area contributed by atoms with Crippen molar-refractivity contribution in [2.24, 2.45) is 5.92 Å². The molecular weight excluding hydrogens is 243 g/mol. The number of rotatable bonds is 4. The van der Waals surface area contributed by atoms with E-state index in [1.807, 2.05) is 0 Å². The van der Waals surface area contributed by atoms with Crippen molar-refractivity contribution < 1.29 is 14.2 Å². The van der Waals surface area contributed by atoms with Crippen LogP contribution in [0.1, 0.15) is 57.6 Å². The molecule has 0 aromatic heterocycles. The Morgan fingerprint density at radius 3 is 2.84 bits per heavy atom. The predicted molar refractivity (Wildman–Crippen MR) is 73.7 cm³/mol. The van der Waals surface area contributed by atoms with Crippen molar-refractivity contribution in [1.29, 1.82) is 0 Å². The van der Waals surface area contributed by atoms with Crippen molar-refractivity contribution in [3.8, 4) is 5.75 Å². The second-order valence-corrected chi connectivity index (χ2v) is 5.55. The number of benzene rings is 1. The first-order valence-corrected chi connectivity index (χ1v) is 7.24. The normalized spacial score (nSPS) is 25.1. The van der Waals surface area contributed by atoms with Crippen LogP contribution in [0.3, 0.4) is 0 Å². The zero-order chi connectivity index (χ0) is 13.8. The van der Waals surface area contributed by atoms with Gasteiger partial charge >= 0.3 is 0 Å². The summed E-state index contributed by atoms with van der Waals surface area (Å²) in [5.74, 6) is 0.640. The minimum atomic E-state index is -0.650. The van der Waals surface area contributed by atoms with Gasteiger partial charge in [0.2, 0.25) is 0 Å². The van der Waals surface area contributed by atoms with E-state index in [0.717, 1.165) is 19.3 Å². The molecule has 1 aliphatic rings. The number of aliphatic hydroxyl groups is 1. The van der Waals surface area contributed by atoms with Crippen LogP contribution in [0.25, 0.3) is 0 Å². The summed E-state index contributed by atoms with van der Waals surface area (Å²) in [6.45, 7) is 3.83. The average molecular weight is 266 g/mol. The second-order valence-electron chi connectivity index (χ2n) is 5.55. The van der Waals surface area contributed by atoms with Crippen LogP contribution in [0.5, 0.6) is 5.75 Å². The molecule has 2 nitrogen and oxygen atoms in total. The van der Waals surface area contributed by atoms with Gasteiger partial charge in [0.15, 0.2) is 11.6 Å². The maximum absolute atomic E-state index is 13.9. The average Bonchev–Trinajstić information content (AvgIpc) is 2.41. The Labute approximate surface area is 114 Å². The summed E-state index contributed by atoms with van der Waals surface area (Å²) in [6, 6.07) is 4.72. The Balaban J connectivity index is 2.02. The maximum atomic E-state index is 13.9. The highest BCUT2D eigenvalue weighted by Crippen LogP contribution is 2.31. The largest absolute Gasteiger partial charge is 0.487 e. The minimum absolute atomic E-state index is 0.130. The molecular formula is C16H23FO2. The Bertz CT molecular complexity index is 417. The molecule has 3 heteroatoms. The second kappa shape index (κ2) is 6.38. The van der Waals surface area contributed by atoms with Gasteiger partial charge in [0.05, 0.1) is 12.2 Å². The maximum Gasteiger partial charge on any atom is 0.165 e. The third-order valence-corrected chi connectivity index (χ3v) is 4.04. The summed E-state index contributed by atoms with van der Waals surface area (Å²) in [6.07, 6.45) is 5.11. The molecule has 19 heavy (non-hydrogen) atoms. The summed E-state index contributed by atoms with van der Waals surface area (Å²) in [5.41, 5.74) is 0.583. The van der Waals surface area contributed by atoms with Gasteiger partial charge in [0.1, 0.15) is 0 Å². The number of ether oxygens (including phenoxy) is 1.